The van der Waals surface area contributed by atoms with Gasteiger partial charge in [0.1, 0.15) is 5.82 Å². The first-order valence-corrected chi connectivity index (χ1v) is 5.97. The van der Waals surface area contributed by atoms with Gasteiger partial charge < -0.3 is 4.90 Å². The molecular formula is C13H19N3O. The molecule has 1 aromatic rings. The third-order valence-electron chi connectivity index (χ3n) is 3.03. The standard InChI is InChI=1S/C13H19N3O/c1-9-14-6-5-11(15-9)10-7-16(8-10)12(17)13(2,3)4/h5-6,10H,7-8H2,1-4H3. The molecule has 1 fully saturated rings. The summed E-state index contributed by atoms with van der Waals surface area (Å²) in [6.45, 7) is 9.33. The second kappa shape index (κ2) is 4.09. The molecule has 0 spiro atoms. The van der Waals surface area contributed by atoms with Crippen LogP contribution in [-0.4, -0.2) is 33.9 Å². The number of hydrogen-bond donors (Lipinski definition) is 0. The maximum Gasteiger partial charge on any atom is 0.227 e. The molecule has 1 aliphatic heterocycles. The first kappa shape index (κ1) is 12.0. The van der Waals surface area contributed by atoms with Gasteiger partial charge in [-0.15, -0.1) is 0 Å². The van der Waals surface area contributed by atoms with Crippen LogP contribution in [0.25, 0.3) is 0 Å². The first-order chi connectivity index (χ1) is 7.88. The number of hydrogen-bond acceptors (Lipinski definition) is 3. The average molecular weight is 233 g/mol. The molecule has 1 saturated heterocycles. The lowest BCUT2D eigenvalue weighted by Gasteiger charge is -2.42. The van der Waals surface area contributed by atoms with E-state index in [0.29, 0.717) is 5.92 Å². The third-order valence-corrected chi connectivity index (χ3v) is 3.03. The molecule has 4 heteroatoms. The summed E-state index contributed by atoms with van der Waals surface area (Å²) in [6, 6.07) is 1.94. The minimum Gasteiger partial charge on any atom is -0.341 e. The fourth-order valence-corrected chi connectivity index (χ4v) is 2.01. The zero-order valence-corrected chi connectivity index (χ0v) is 10.9. The predicted octanol–water partition coefficient (Wildman–Crippen LogP) is 1.76. The minimum atomic E-state index is -0.285. The summed E-state index contributed by atoms with van der Waals surface area (Å²) in [5.41, 5.74) is 0.766. The summed E-state index contributed by atoms with van der Waals surface area (Å²) in [6.07, 6.45) is 1.78. The van der Waals surface area contributed by atoms with Crippen LogP contribution in [0, 0.1) is 12.3 Å². The number of likely N-dealkylation sites (tertiary alicyclic amines) is 1. The van der Waals surface area contributed by atoms with Crippen molar-refractivity contribution < 1.29 is 4.79 Å². The van der Waals surface area contributed by atoms with Crippen molar-refractivity contribution in [3.63, 3.8) is 0 Å². The fourth-order valence-electron chi connectivity index (χ4n) is 2.01. The van der Waals surface area contributed by atoms with E-state index in [-0.39, 0.29) is 11.3 Å². The van der Waals surface area contributed by atoms with E-state index >= 15 is 0 Å². The molecule has 0 unspecified atom stereocenters. The monoisotopic (exact) mass is 233 g/mol. The highest BCUT2D eigenvalue weighted by atomic mass is 16.2. The van der Waals surface area contributed by atoms with Crippen molar-refractivity contribution in [2.75, 3.05) is 13.1 Å². The van der Waals surface area contributed by atoms with Gasteiger partial charge in [-0.2, -0.15) is 0 Å². The maximum absolute atomic E-state index is 12.0. The van der Waals surface area contributed by atoms with Gasteiger partial charge in [-0.3, -0.25) is 4.79 Å². The lowest BCUT2D eigenvalue weighted by atomic mass is 9.89. The van der Waals surface area contributed by atoms with Crippen LogP contribution in [0.3, 0.4) is 0 Å². The Balaban J connectivity index is 1.98. The highest BCUT2D eigenvalue weighted by Crippen LogP contribution is 2.29. The molecule has 0 aromatic carbocycles. The van der Waals surface area contributed by atoms with Gasteiger partial charge in [-0.1, -0.05) is 20.8 Å². The zero-order chi connectivity index (χ0) is 12.6. The topological polar surface area (TPSA) is 46.1 Å². The predicted molar refractivity (Wildman–Crippen MR) is 65.5 cm³/mol. The largest absolute Gasteiger partial charge is 0.341 e. The molecule has 0 radical (unpaired) electrons. The van der Waals surface area contributed by atoms with Crippen molar-refractivity contribution in [1.29, 1.82) is 0 Å². The number of amides is 1. The Morgan fingerprint density at radius 1 is 1.41 bits per heavy atom. The molecule has 2 rings (SSSR count). The van der Waals surface area contributed by atoms with Crippen molar-refractivity contribution in [2.24, 2.45) is 5.41 Å². The average Bonchev–Trinajstić information content (AvgIpc) is 2.13. The first-order valence-electron chi connectivity index (χ1n) is 5.97. The van der Waals surface area contributed by atoms with Crippen LogP contribution < -0.4 is 0 Å². The van der Waals surface area contributed by atoms with Crippen LogP contribution in [0.1, 0.15) is 38.2 Å². The minimum absolute atomic E-state index is 0.222. The second-order valence-electron chi connectivity index (χ2n) is 5.69. The zero-order valence-electron chi connectivity index (χ0n) is 10.9. The van der Waals surface area contributed by atoms with Crippen molar-refractivity contribution in [3.05, 3.63) is 23.8 Å². The van der Waals surface area contributed by atoms with Gasteiger partial charge in [0.05, 0.1) is 5.69 Å². The molecular weight excluding hydrogens is 214 g/mol. The third kappa shape index (κ3) is 2.46. The molecule has 4 nitrogen and oxygen atoms in total. The van der Waals surface area contributed by atoms with Crippen molar-refractivity contribution >= 4 is 5.91 Å². The Hall–Kier alpha value is -1.45. The SMILES string of the molecule is Cc1nccc(C2CN(C(=O)C(C)(C)C)C2)n1. The Labute approximate surface area is 102 Å². The van der Waals surface area contributed by atoms with Gasteiger partial charge in [0.15, 0.2) is 0 Å². The number of carbonyl (C=O) groups excluding carboxylic acids is 1. The molecule has 2 heterocycles. The summed E-state index contributed by atoms with van der Waals surface area (Å²) in [5.74, 6) is 1.39. The fraction of sp³-hybridized carbons (Fsp3) is 0.615. The summed E-state index contributed by atoms with van der Waals surface area (Å²) >= 11 is 0. The quantitative estimate of drug-likeness (QED) is 0.742. The van der Waals surface area contributed by atoms with Gasteiger partial charge in [0.25, 0.3) is 0 Å². The van der Waals surface area contributed by atoms with Gasteiger partial charge >= 0.3 is 0 Å². The Bertz CT molecular complexity index is 431. The van der Waals surface area contributed by atoms with Gasteiger partial charge in [0.2, 0.25) is 5.91 Å². The van der Waals surface area contributed by atoms with Crippen molar-refractivity contribution in [3.8, 4) is 0 Å². The number of rotatable bonds is 1. The molecule has 1 aliphatic rings. The number of carbonyl (C=O) groups is 1. The van der Waals surface area contributed by atoms with Gasteiger partial charge in [-0.25, -0.2) is 9.97 Å². The number of aromatic nitrogens is 2. The number of aryl methyl sites for hydroxylation is 1. The molecule has 0 atom stereocenters. The van der Waals surface area contributed by atoms with E-state index in [4.69, 9.17) is 0 Å². The van der Waals surface area contributed by atoms with Crippen LogP contribution >= 0.6 is 0 Å². The van der Waals surface area contributed by atoms with E-state index in [0.717, 1.165) is 24.6 Å². The molecule has 1 amide bonds. The van der Waals surface area contributed by atoms with Crippen molar-refractivity contribution in [1.82, 2.24) is 14.9 Å². The van der Waals surface area contributed by atoms with E-state index in [2.05, 4.69) is 9.97 Å². The van der Waals surface area contributed by atoms with Crippen LogP contribution in [-0.2, 0) is 4.79 Å². The molecule has 0 saturated carbocycles. The smallest absolute Gasteiger partial charge is 0.227 e. The van der Waals surface area contributed by atoms with Crippen LogP contribution in [0.5, 0.6) is 0 Å². The van der Waals surface area contributed by atoms with E-state index in [9.17, 15) is 4.79 Å². The van der Waals surface area contributed by atoms with Gasteiger partial charge in [0, 0.05) is 30.6 Å². The Morgan fingerprint density at radius 2 is 2.06 bits per heavy atom. The maximum atomic E-state index is 12.0. The molecule has 92 valence electrons. The Kier molecular flexibility index (Phi) is 2.89. The van der Waals surface area contributed by atoms with Gasteiger partial charge in [-0.05, 0) is 13.0 Å². The van der Waals surface area contributed by atoms with E-state index in [1.807, 2.05) is 38.7 Å². The lowest BCUT2D eigenvalue weighted by Crippen LogP contribution is -2.52. The molecule has 1 aromatic heterocycles. The lowest BCUT2D eigenvalue weighted by molar-refractivity contribution is -0.144. The van der Waals surface area contributed by atoms with Crippen LogP contribution in [0.2, 0.25) is 0 Å². The van der Waals surface area contributed by atoms with E-state index in [1.54, 1.807) is 6.20 Å². The van der Waals surface area contributed by atoms with Crippen LogP contribution in [0.4, 0.5) is 0 Å². The molecule has 17 heavy (non-hydrogen) atoms. The molecule has 0 bridgehead atoms. The summed E-state index contributed by atoms with van der Waals surface area (Å²) < 4.78 is 0. The Morgan fingerprint density at radius 3 is 2.59 bits per heavy atom. The van der Waals surface area contributed by atoms with E-state index in [1.165, 1.54) is 0 Å². The van der Waals surface area contributed by atoms with Crippen molar-refractivity contribution in [2.45, 2.75) is 33.6 Å². The molecule has 0 N–H and O–H groups in total. The summed E-state index contributed by atoms with van der Waals surface area (Å²) in [5, 5.41) is 0. The normalized spacial score (nSPS) is 16.8. The summed E-state index contributed by atoms with van der Waals surface area (Å²) in [4.78, 5) is 22.4. The summed E-state index contributed by atoms with van der Waals surface area (Å²) in [7, 11) is 0. The molecule has 0 aliphatic carbocycles. The highest BCUT2D eigenvalue weighted by molar-refractivity contribution is 5.82. The highest BCUT2D eigenvalue weighted by Gasteiger charge is 2.37. The van der Waals surface area contributed by atoms with E-state index < -0.39 is 0 Å². The second-order valence-corrected chi connectivity index (χ2v) is 5.69. The van der Waals surface area contributed by atoms with Crippen LogP contribution in [0.15, 0.2) is 12.3 Å². The number of nitrogens with zero attached hydrogens (tertiary/aromatic N) is 3.